The molecule has 0 saturated heterocycles. The Morgan fingerprint density at radius 3 is 2.09 bits per heavy atom. The van der Waals surface area contributed by atoms with Crippen molar-refractivity contribution < 1.29 is 14.4 Å². The third-order valence-electron chi connectivity index (χ3n) is 6.52. The molecule has 3 N–H and O–H groups in total. The molecule has 1 atom stereocenters. The predicted octanol–water partition coefficient (Wildman–Crippen LogP) is 8.02. The van der Waals surface area contributed by atoms with Crippen LogP contribution < -0.4 is 16.0 Å². The maximum atomic E-state index is 13.3. The molecule has 0 aliphatic carbocycles. The molecule has 5 aromatic carbocycles. The van der Waals surface area contributed by atoms with Crippen LogP contribution >= 0.6 is 23.4 Å². The summed E-state index contributed by atoms with van der Waals surface area (Å²) in [4.78, 5) is 39.9. The molecular formula is C35H28ClN3O3S. The summed E-state index contributed by atoms with van der Waals surface area (Å²) in [5, 5.41) is 10.9. The van der Waals surface area contributed by atoms with Gasteiger partial charge in [-0.1, -0.05) is 72.3 Å². The maximum Gasteiger partial charge on any atom is 0.272 e. The van der Waals surface area contributed by atoms with Gasteiger partial charge in [0.25, 0.3) is 11.8 Å². The Bertz CT molecular complexity index is 1790. The highest BCUT2D eigenvalue weighted by molar-refractivity contribution is 8.00. The van der Waals surface area contributed by atoms with Crippen molar-refractivity contribution in [3.8, 4) is 0 Å². The van der Waals surface area contributed by atoms with Gasteiger partial charge in [-0.3, -0.25) is 14.4 Å². The van der Waals surface area contributed by atoms with E-state index < -0.39 is 11.8 Å². The Balaban J connectivity index is 1.23. The lowest BCUT2D eigenvalue weighted by atomic mass is 10.1. The Morgan fingerprint density at radius 2 is 1.37 bits per heavy atom. The molecule has 0 radical (unpaired) electrons. The molecule has 5 rings (SSSR count). The zero-order valence-corrected chi connectivity index (χ0v) is 24.8. The van der Waals surface area contributed by atoms with E-state index in [1.54, 1.807) is 66.7 Å². The summed E-state index contributed by atoms with van der Waals surface area (Å²) < 4.78 is 0. The summed E-state index contributed by atoms with van der Waals surface area (Å²) in [5.41, 5.74) is 2.49. The molecule has 0 fully saturated rings. The van der Waals surface area contributed by atoms with E-state index >= 15 is 0 Å². The number of hydrogen-bond acceptors (Lipinski definition) is 4. The van der Waals surface area contributed by atoms with Crippen LogP contribution in [-0.4, -0.2) is 23.0 Å². The van der Waals surface area contributed by atoms with E-state index in [9.17, 15) is 14.4 Å². The number of hydrogen-bond donors (Lipinski definition) is 3. The van der Waals surface area contributed by atoms with Gasteiger partial charge in [0.15, 0.2) is 0 Å². The average molecular weight is 606 g/mol. The van der Waals surface area contributed by atoms with Crippen LogP contribution in [0.5, 0.6) is 0 Å². The van der Waals surface area contributed by atoms with E-state index in [1.807, 2.05) is 67.6 Å². The van der Waals surface area contributed by atoms with Gasteiger partial charge in [0.1, 0.15) is 5.70 Å². The molecule has 0 aliphatic heterocycles. The summed E-state index contributed by atoms with van der Waals surface area (Å²) in [6.07, 6.45) is 1.59. The molecule has 0 aliphatic rings. The lowest BCUT2D eigenvalue weighted by Crippen LogP contribution is -2.30. The molecule has 0 bridgehead atoms. The number of rotatable bonds is 9. The van der Waals surface area contributed by atoms with Crippen molar-refractivity contribution >= 4 is 69.3 Å². The van der Waals surface area contributed by atoms with Crippen molar-refractivity contribution in [1.29, 1.82) is 0 Å². The Morgan fingerprint density at radius 1 is 0.721 bits per heavy atom. The van der Waals surface area contributed by atoms with Crippen molar-refractivity contribution in [2.24, 2.45) is 0 Å². The largest absolute Gasteiger partial charge is 0.325 e. The van der Waals surface area contributed by atoms with Crippen LogP contribution in [0.4, 0.5) is 11.4 Å². The minimum absolute atomic E-state index is 0.0774. The zero-order chi connectivity index (χ0) is 30.2. The number of nitrogens with one attached hydrogen (secondary N) is 3. The van der Waals surface area contributed by atoms with Gasteiger partial charge in [-0.2, -0.15) is 0 Å². The number of halogens is 1. The first kappa shape index (κ1) is 29.6. The summed E-state index contributed by atoms with van der Waals surface area (Å²) in [5.74, 6) is -0.995. The van der Waals surface area contributed by atoms with E-state index in [0.29, 0.717) is 21.8 Å². The third kappa shape index (κ3) is 8.13. The highest BCUT2D eigenvalue weighted by atomic mass is 35.5. The van der Waals surface area contributed by atoms with Crippen molar-refractivity contribution in [3.05, 3.63) is 143 Å². The van der Waals surface area contributed by atoms with E-state index in [-0.39, 0.29) is 16.9 Å². The molecule has 214 valence electrons. The normalized spacial score (nSPS) is 11.9. The van der Waals surface area contributed by atoms with Crippen LogP contribution in [0.3, 0.4) is 0 Å². The first-order valence-electron chi connectivity index (χ1n) is 13.6. The quantitative estimate of drug-likeness (QED) is 0.117. The van der Waals surface area contributed by atoms with Crippen molar-refractivity contribution in [2.45, 2.75) is 17.1 Å². The van der Waals surface area contributed by atoms with Gasteiger partial charge >= 0.3 is 0 Å². The molecule has 0 heterocycles. The van der Waals surface area contributed by atoms with Crippen molar-refractivity contribution in [1.82, 2.24) is 5.32 Å². The van der Waals surface area contributed by atoms with Gasteiger partial charge in [0.2, 0.25) is 5.91 Å². The zero-order valence-electron chi connectivity index (χ0n) is 23.2. The molecule has 3 amide bonds. The number of carbonyl (C=O) groups is 3. The SMILES string of the molecule is CC(Sc1ccc(NC(=O)/C(=C/c2ccc(Cl)cc2)NC(=O)c2ccccc2)cc1)C(=O)Nc1ccc2ccccc2c1. The lowest BCUT2D eigenvalue weighted by molar-refractivity contribution is -0.115. The summed E-state index contributed by atoms with van der Waals surface area (Å²) in [6, 6.07) is 36.6. The molecular weight excluding hydrogens is 578 g/mol. The fourth-order valence-electron chi connectivity index (χ4n) is 4.25. The summed E-state index contributed by atoms with van der Waals surface area (Å²) in [7, 11) is 0. The standard InChI is InChI=1S/C35H28ClN3O3S/c1-23(33(40)38-30-16-13-25-7-5-6-10-27(25)22-30)43-31-19-17-29(18-20-31)37-35(42)32(21-24-11-14-28(36)15-12-24)39-34(41)26-8-3-2-4-9-26/h2-23H,1H3,(H,37,42)(H,38,40)(H,39,41)/b32-21-. The number of thioether (sulfide) groups is 1. The maximum absolute atomic E-state index is 13.3. The van der Waals surface area contributed by atoms with Gasteiger partial charge in [-0.05, 0) is 90.0 Å². The van der Waals surface area contributed by atoms with Gasteiger partial charge in [0.05, 0.1) is 5.25 Å². The highest BCUT2D eigenvalue weighted by Crippen LogP contribution is 2.27. The van der Waals surface area contributed by atoms with Crippen LogP contribution in [0.25, 0.3) is 16.8 Å². The van der Waals surface area contributed by atoms with Crippen LogP contribution in [-0.2, 0) is 9.59 Å². The monoisotopic (exact) mass is 605 g/mol. The van der Waals surface area contributed by atoms with E-state index in [2.05, 4.69) is 16.0 Å². The first-order valence-corrected chi connectivity index (χ1v) is 14.8. The number of fused-ring (bicyclic) bond motifs is 1. The number of benzene rings is 5. The average Bonchev–Trinajstić information content (AvgIpc) is 3.03. The van der Waals surface area contributed by atoms with Crippen LogP contribution in [0.2, 0.25) is 5.02 Å². The van der Waals surface area contributed by atoms with Crippen LogP contribution in [0.15, 0.2) is 132 Å². The molecule has 8 heteroatoms. The van der Waals surface area contributed by atoms with Gasteiger partial charge in [0, 0.05) is 26.9 Å². The molecule has 5 aromatic rings. The second-order valence-corrected chi connectivity index (χ2v) is 11.6. The number of amides is 3. The Kier molecular flexibility index (Phi) is 9.56. The Hall–Kier alpha value is -4.85. The fraction of sp³-hybridized carbons (Fsp3) is 0.0571. The topological polar surface area (TPSA) is 87.3 Å². The molecule has 1 unspecified atom stereocenters. The predicted molar refractivity (Wildman–Crippen MR) is 176 cm³/mol. The van der Waals surface area contributed by atoms with Gasteiger partial charge in [-0.15, -0.1) is 11.8 Å². The van der Waals surface area contributed by atoms with Crippen molar-refractivity contribution in [2.75, 3.05) is 10.6 Å². The molecule has 43 heavy (non-hydrogen) atoms. The highest BCUT2D eigenvalue weighted by Gasteiger charge is 2.17. The summed E-state index contributed by atoms with van der Waals surface area (Å²) >= 11 is 7.42. The molecule has 0 aromatic heterocycles. The first-order chi connectivity index (χ1) is 20.8. The van der Waals surface area contributed by atoms with Crippen molar-refractivity contribution in [3.63, 3.8) is 0 Å². The Labute approximate surface area is 259 Å². The smallest absolute Gasteiger partial charge is 0.272 e. The fourth-order valence-corrected chi connectivity index (χ4v) is 5.25. The molecule has 0 spiro atoms. The minimum atomic E-state index is -0.484. The van der Waals surface area contributed by atoms with E-state index in [1.165, 1.54) is 11.8 Å². The van der Waals surface area contributed by atoms with Gasteiger partial charge < -0.3 is 16.0 Å². The minimum Gasteiger partial charge on any atom is -0.325 e. The number of anilines is 2. The lowest BCUT2D eigenvalue weighted by Gasteiger charge is -2.14. The van der Waals surface area contributed by atoms with Crippen LogP contribution in [0, 0.1) is 0 Å². The number of carbonyl (C=O) groups excluding carboxylic acids is 3. The summed E-state index contributed by atoms with van der Waals surface area (Å²) in [6.45, 7) is 1.85. The third-order valence-corrected chi connectivity index (χ3v) is 7.89. The molecule has 6 nitrogen and oxygen atoms in total. The van der Waals surface area contributed by atoms with Crippen LogP contribution in [0.1, 0.15) is 22.8 Å². The van der Waals surface area contributed by atoms with Gasteiger partial charge in [-0.25, -0.2) is 0 Å². The van der Waals surface area contributed by atoms with E-state index in [0.717, 1.165) is 21.4 Å². The molecule has 0 saturated carbocycles. The second-order valence-electron chi connectivity index (χ2n) is 9.72. The van der Waals surface area contributed by atoms with E-state index in [4.69, 9.17) is 11.6 Å². The second kappa shape index (κ2) is 13.9.